The highest BCUT2D eigenvalue weighted by Crippen LogP contribution is 2.34. The summed E-state index contributed by atoms with van der Waals surface area (Å²) in [6.45, 7) is 6.53. The van der Waals surface area contributed by atoms with Crippen LogP contribution < -0.4 is 5.32 Å². The number of rotatable bonds is 5. The molecule has 1 aromatic heterocycles. The number of hydrogen-bond donors (Lipinski definition) is 1. The van der Waals surface area contributed by atoms with Gasteiger partial charge in [0.1, 0.15) is 0 Å². The number of thiophene rings is 1. The molecule has 0 aliphatic carbocycles. The summed E-state index contributed by atoms with van der Waals surface area (Å²) in [4.78, 5) is 6.14. The van der Waals surface area contributed by atoms with E-state index in [0.717, 1.165) is 24.7 Å². The number of amidine groups is 1. The summed E-state index contributed by atoms with van der Waals surface area (Å²) in [6, 6.07) is 4.30. The number of hydrogen-bond acceptors (Lipinski definition) is 4. The first-order chi connectivity index (χ1) is 9.17. The summed E-state index contributed by atoms with van der Waals surface area (Å²) in [7, 11) is 0. The van der Waals surface area contributed by atoms with Gasteiger partial charge >= 0.3 is 0 Å². The van der Waals surface area contributed by atoms with Crippen LogP contribution in [0.1, 0.15) is 31.6 Å². The van der Waals surface area contributed by atoms with Crippen molar-refractivity contribution in [1.29, 1.82) is 0 Å². The molecule has 19 heavy (non-hydrogen) atoms. The predicted octanol–water partition coefficient (Wildman–Crippen LogP) is 4.55. The Balaban J connectivity index is 1.77. The Hall–Kier alpha value is -0.000000000000000111. The van der Waals surface area contributed by atoms with Gasteiger partial charge in [0.2, 0.25) is 0 Å². The van der Waals surface area contributed by atoms with E-state index in [0.29, 0.717) is 5.41 Å². The standard InChI is InChI=1S/C14H21BrN2S2/c1-3-14(4-2)9-17-13(18-10-14)16-8-7-11-5-6-12(15)19-11/h5-6H,3-4,7-10H2,1-2H3,(H,16,17). The average Bonchev–Trinajstić information content (AvgIpc) is 2.86. The summed E-state index contributed by atoms with van der Waals surface area (Å²) in [6.07, 6.45) is 3.54. The highest BCUT2D eigenvalue weighted by Gasteiger charge is 2.29. The zero-order valence-electron chi connectivity index (χ0n) is 11.5. The first-order valence-electron chi connectivity index (χ1n) is 6.83. The van der Waals surface area contributed by atoms with Crippen LogP contribution >= 0.6 is 39.0 Å². The van der Waals surface area contributed by atoms with Crippen LogP contribution in [0.4, 0.5) is 0 Å². The number of nitrogens with one attached hydrogen (secondary N) is 1. The third kappa shape index (κ3) is 4.23. The van der Waals surface area contributed by atoms with E-state index in [1.165, 1.54) is 27.3 Å². The summed E-state index contributed by atoms with van der Waals surface area (Å²) in [5, 5.41) is 4.60. The summed E-state index contributed by atoms with van der Waals surface area (Å²) in [5.74, 6) is 1.20. The minimum Gasteiger partial charge on any atom is -0.365 e. The lowest BCUT2D eigenvalue weighted by Crippen LogP contribution is -2.35. The van der Waals surface area contributed by atoms with Gasteiger partial charge in [0.25, 0.3) is 0 Å². The van der Waals surface area contributed by atoms with Gasteiger partial charge in [-0.3, -0.25) is 4.99 Å². The zero-order chi connectivity index (χ0) is 13.7. The van der Waals surface area contributed by atoms with E-state index in [4.69, 9.17) is 4.99 Å². The van der Waals surface area contributed by atoms with Crippen molar-refractivity contribution in [2.75, 3.05) is 18.8 Å². The fraction of sp³-hybridized carbons (Fsp3) is 0.643. The Bertz CT molecular complexity index is 438. The van der Waals surface area contributed by atoms with Crippen molar-refractivity contribution in [2.45, 2.75) is 33.1 Å². The van der Waals surface area contributed by atoms with Gasteiger partial charge in [0.15, 0.2) is 5.17 Å². The molecule has 0 amide bonds. The number of aliphatic imine (C=N–C) groups is 1. The van der Waals surface area contributed by atoms with Gasteiger partial charge in [-0.1, -0.05) is 25.6 Å². The Morgan fingerprint density at radius 2 is 2.16 bits per heavy atom. The molecule has 0 unspecified atom stereocenters. The van der Waals surface area contributed by atoms with Crippen LogP contribution in [0.5, 0.6) is 0 Å². The lowest BCUT2D eigenvalue weighted by atomic mass is 9.84. The van der Waals surface area contributed by atoms with Crippen LogP contribution in [0.15, 0.2) is 20.9 Å². The predicted molar refractivity (Wildman–Crippen MR) is 91.5 cm³/mol. The zero-order valence-corrected chi connectivity index (χ0v) is 14.8. The SMILES string of the molecule is CCC1(CC)CN=C(NCCc2ccc(Br)s2)SC1. The second-order valence-corrected chi connectivity index (χ2v) is 8.51. The lowest BCUT2D eigenvalue weighted by Gasteiger charge is -2.33. The van der Waals surface area contributed by atoms with E-state index in [9.17, 15) is 0 Å². The van der Waals surface area contributed by atoms with E-state index in [2.05, 4.69) is 47.2 Å². The first kappa shape index (κ1) is 15.4. The van der Waals surface area contributed by atoms with E-state index >= 15 is 0 Å². The van der Waals surface area contributed by atoms with Crippen LogP contribution in [-0.2, 0) is 6.42 Å². The third-order valence-corrected chi connectivity index (χ3v) is 6.84. The van der Waals surface area contributed by atoms with Crippen LogP contribution in [0.25, 0.3) is 0 Å². The lowest BCUT2D eigenvalue weighted by molar-refractivity contribution is 0.318. The van der Waals surface area contributed by atoms with Crippen LogP contribution in [-0.4, -0.2) is 24.0 Å². The highest BCUT2D eigenvalue weighted by molar-refractivity contribution is 9.11. The molecule has 1 aliphatic rings. The van der Waals surface area contributed by atoms with Crippen LogP contribution in [0.2, 0.25) is 0 Å². The molecule has 1 aromatic rings. The van der Waals surface area contributed by atoms with Crippen molar-refractivity contribution in [2.24, 2.45) is 10.4 Å². The number of halogens is 1. The van der Waals surface area contributed by atoms with Crippen molar-refractivity contribution in [1.82, 2.24) is 5.32 Å². The molecular weight excluding hydrogens is 340 g/mol. The third-order valence-electron chi connectivity index (χ3n) is 3.85. The molecule has 0 atom stereocenters. The molecule has 0 saturated carbocycles. The van der Waals surface area contributed by atoms with E-state index in [1.54, 1.807) is 0 Å². The largest absolute Gasteiger partial charge is 0.365 e. The van der Waals surface area contributed by atoms with Crippen LogP contribution in [0.3, 0.4) is 0 Å². The molecule has 2 heterocycles. The van der Waals surface area contributed by atoms with Gasteiger partial charge in [-0.2, -0.15) is 0 Å². The topological polar surface area (TPSA) is 24.4 Å². The minimum atomic E-state index is 0.439. The van der Waals surface area contributed by atoms with Crippen LogP contribution in [0, 0.1) is 5.41 Å². The molecule has 0 aromatic carbocycles. The molecule has 0 bridgehead atoms. The number of nitrogens with zero attached hydrogens (tertiary/aromatic N) is 1. The first-order valence-corrected chi connectivity index (χ1v) is 9.42. The van der Waals surface area contributed by atoms with Gasteiger partial charge in [0, 0.05) is 23.7 Å². The quantitative estimate of drug-likeness (QED) is 0.832. The molecule has 0 fully saturated rings. The van der Waals surface area contributed by atoms with Crippen molar-refractivity contribution in [3.05, 3.63) is 20.8 Å². The Labute approximate surface area is 132 Å². The fourth-order valence-corrected chi connectivity index (χ4v) is 4.90. The fourth-order valence-electron chi connectivity index (χ4n) is 2.12. The smallest absolute Gasteiger partial charge is 0.156 e. The van der Waals surface area contributed by atoms with Gasteiger partial charge in [0.05, 0.1) is 3.79 Å². The average molecular weight is 361 g/mol. The maximum Gasteiger partial charge on any atom is 0.156 e. The highest BCUT2D eigenvalue weighted by atomic mass is 79.9. The van der Waals surface area contributed by atoms with Crippen molar-refractivity contribution in [3.63, 3.8) is 0 Å². The Morgan fingerprint density at radius 1 is 1.37 bits per heavy atom. The molecule has 5 heteroatoms. The summed E-state index contributed by atoms with van der Waals surface area (Å²) >= 11 is 7.20. The number of thioether (sulfide) groups is 1. The second-order valence-electron chi connectivity index (χ2n) is 5.00. The van der Waals surface area contributed by atoms with Gasteiger partial charge in [-0.25, -0.2) is 0 Å². The molecule has 2 rings (SSSR count). The molecular formula is C14H21BrN2S2. The minimum absolute atomic E-state index is 0.439. The Kier molecular flexibility index (Phi) is 5.78. The Morgan fingerprint density at radius 3 is 2.68 bits per heavy atom. The second kappa shape index (κ2) is 7.14. The van der Waals surface area contributed by atoms with E-state index in [-0.39, 0.29) is 0 Å². The van der Waals surface area contributed by atoms with Crippen molar-refractivity contribution < 1.29 is 0 Å². The maximum atomic E-state index is 4.72. The van der Waals surface area contributed by atoms with E-state index in [1.807, 2.05) is 23.1 Å². The molecule has 0 spiro atoms. The molecule has 1 N–H and O–H groups in total. The van der Waals surface area contributed by atoms with Gasteiger partial charge in [-0.05, 0) is 52.7 Å². The summed E-state index contributed by atoms with van der Waals surface area (Å²) in [5.41, 5.74) is 0.439. The molecule has 0 saturated heterocycles. The van der Waals surface area contributed by atoms with Gasteiger partial charge < -0.3 is 5.32 Å². The monoisotopic (exact) mass is 360 g/mol. The molecule has 1 aliphatic heterocycles. The van der Waals surface area contributed by atoms with E-state index < -0.39 is 0 Å². The molecule has 0 radical (unpaired) electrons. The maximum absolute atomic E-state index is 4.72. The molecule has 2 nitrogen and oxygen atoms in total. The van der Waals surface area contributed by atoms with Crippen molar-refractivity contribution >= 4 is 44.2 Å². The summed E-state index contributed by atoms with van der Waals surface area (Å²) < 4.78 is 1.21. The van der Waals surface area contributed by atoms with Crippen molar-refractivity contribution in [3.8, 4) is 0 Å². The normalized spacial score (nSPS) is 18.2. The van der Waals surface area contributed by atoms with Gasteiger partial charge in [-0.15, -0.1) is 11.3 Å². The molecule has 106 valence electrons.